The second kappa shape index (κ2) is 6.59. The predicted octanol–water partition coefficient (Wildman–Crippen LogP) is -5.44. The van der Waals surface area contributed by atoms with E-state index in [-0.39, 0.29) is 0 Å². The van der Waals surface area contributed by atoms with Crippen LogP contribution in [0.3, 0.4) is 0 Å². The summed E-state index contributed by atoms with van der Waals surface area (Å²) < 4.78 is 14.9. The van der Waals surface area contributed by atoms with E-state index in [0.29, 0.717) is 0 Å². The van der Waals surface area contributed by atoms with Crippen LogP contribution in [0.25, 0.3) is 0 Å². The van der Waals surface area contributed by atoms with E-state index in [0.717, 1.165) is 0 Å². The SMILES string of the molecule is OC[C@H]1O[C@H](O[C@@]2(CO)O[C@@H](O)[C@H](O)[C@@H]2O)[C@H](O)[C@@H](O)[C@@H]1O. The van der Waals surface area contributed by atoms with Gasteiger partial charge in [0.2, 0.25) is 5.79 Å². The van der Waals surface area contributed by atoms with E-state index < -0.39 is 68.2 Å². The number of hydrogen-bond donors (Lipinski definition) is 8. The van der Waals surface area contributed by atoms with Crippen LogP contribution >= 0.6 is 0 Å². The number of aliphatic hydroxyl groups excluding tert-OH is 8. The minimum absolute atomic E-state index is 0.703. The summed E-state index contributed by atoms with van der Waals surface area (Å²) in [5.41, 5.74) is 0. The Morgan fingerprint density at radius 2 is 1.50 bits per heavy atom. The standard InChI is InChI=1S/C11H20O11/c12-1-3-4(14)5(15)6(16)10(20-3)22-11(2-13)8(18)7(17)9(19)21-11/h3-10,12-19H,1-2H2/t3-,4-,5+,6-,7-,8+,9-,10-,11-/m1/s1. The van der Waals surface area contributed by atoms with Crippen molar-refractivity contribution in [3.63, 3.8) is 0 Å². The third-order valence-corrected chi connectivity index (χ3v) is 3.77. The first-order valence-corrected chi connectivity index (χ1v) is 6.58. The molecule has 11 nitrogen and oxygen atoms in total. The van der Waals surface area contributed by atoms with Gasteiger partial charge in [-0.15, -0.1) is 0 Å². The van der Waals surface area contributed by atoms with Crippen LogP contribution in [0, 0.1) is 0 Å². The molecule has 0 bridgehead atoms. The largest absolute Gasteiger partial charge is 0.394 e. The molecule has 0 aromatic rings. The summed E-state index contributed by atoms with van der Waals surface area (Å²) in [6.07, 6.45) is -13.6. The predicted molar refractivity (Wildman–Crippen MR) is 63.8 cm³/mol. The minimum Gasteiger partial charge on any atom is -0.394 e. The van der Waals surface area contributed by atoms with E-state index in [1.165, 1.54) is 0 Å². The van der Waals surface area contributed by atoms with Crippen LogP contribution in [-0.4, -0.2) is 109 Å². The Kier molecular flexibility index (Phi) is 5.36. The number of rotatable bonds is 4. The lowest BCUT2D eigenvalue weighted by Gasteiger charge is -2.43. The highest BCUT2D eigenvalue weighted by Crippen LogP contribution is 2.35. The Labute approximate surface area is 124 Å². The third kappa shape index (κ3) is 2.86. The zero-order chi connectivity index (χ0) is 16.7. The molecule has 2 fully saturated rings. The lowest BCUT2D eigenvalue weighted by atomic mass is 9.99. The highest BCUT2D eigenvalue weighted by molar-refractivity contribution is 4.96. The van der Waals surface area contributed by atoms with Crippen LogP contribution in [0.2, 0.25) is 0 Å². The van der Waals surface area contributed by atoms with Gasteiger partial charge in [0.1, 0.15) is 43.2 Å². The fraction of sp³-hybridized carbons (Fsp3) is 1.00. The molecule has 2 aliphatic rings. The maximum Gasteiger partial charge on any atom is 0.226 e. The first kappa shape index (κ1) is 17.9. The Bertz CT molecular complexity index is 379. The van der Waals surface area contributed by atoms with Gasteiger partial charge in [0, 0.05) is 0 Å². The Hall–Kier alpha value is -0.440. The van der Waals surface area contributed by atoms with Crippen molar-refractivity contribution in [2.45, 2.75) is 55.0 Å². The van der Waals surface area contributed by atoms with E-state index in [1.54, 1.807) is 0 Å². The molecule has 0 amide bonds. The maximum absolute atomic E-state index is 9.82. The molecule has 22 heavy (non-hydrogen) atoms. The van der Waals surface area contributed by atoms with Gasteiger partial charge in [0.25, 0.3) is 0 Å². The summed E-state index contributed by atoms with van der Waals surface area (Å²) in [5.74, 6) is -2.31. The van der Waals surface area contributed by atoms with Crippen LogP contribution < -0.4 is 0 Å². The van der Waals surface area contributed by atoms with Gasteiger partial charge in [-0.2, -0.15) is 0 Å². The zero-order valence-electron chi connectivity index (χ0n) is 11.3. The van der Waals surface area contributed by atoms with Crippen LogP contribution in [0.1, 0.15) is 0 Å². The quantitative estimate of drug-likeness (QED) is 0.246. The molecule has 2 heterocycles. The van der Waals surface area contributed by atoms with Gasteiger partial charge in [-0.3, -0.25) is 0 Å². The summed E-state index contributed by atoms with van der Waals surface area (Å²) in [6, 6.07) is 0. The second-order valence-electron chi connectivity index (χ2n) is 5.23. The van der Waals surface area contributed by atoms with E-state index >= 15 is 0 Å². The number of ether oxygens (including phenoxy) is 3. The molecule has 2 saturated heterocycles. The molecule has 2 rings (SSSR count). The molecular formula is C11H20O11. The summed E-state index contributed by atoms with van der Waals surface area (Å²) in [6.45, 7) is -1.72. The van der Waals surface area contributed by atoms with Crippen molar-refractivity contribution in [3.05, 3.63) is 0 Å². The molecule has 8 N–H and O–H groups in total. The first-order valence-electron chi connectivity index (χ1n) is 6.58. The summed E-state index contributed by atoms with van der Waals surface area (Å²) >= 11 is 0. The van der Waals surface area contributed by atoms with E-state index in [9.17, 15) is 35.7 Å². The van der Waals surface area contributed by atoms with Gasteiger partial charge >= 0.3 is 0 Å². The number of aliphatic hydroxyl groups is 8. The molecule has 2 aliphatic heterocycles. The minimum atomic E-state index is -2.31. The summed E-state index contributed by atoms with van der Waals surface area (Å²) in [7, 11) is 0. The average molecular weight is 328 g/mol. The van der Waals surface area contributed by atoms with E-state index in [2.05, 4.69) is 0 Å². The van der Waals surface area contributed by atoms with Gasteiger partial charge in [0.15, 0.2) is 12.6 Å². The van der Waals surface area contributed by atoms with Crippen molar-refractivity contribution >= 4 is 0 Å². The first-order chi connectivity index (χ1) is 10.3. The van der Waals surface area contributed by atoms with Crippen LogP contribution in [0.15, 0.2) is 0 Å². The molecule has 0 aromatic heterocycles. The van der Waals surface area contributed by atoms with Gasteiger partial charge < -0.3 is 55.1 Å². The molecule has 11 heteroatoms. The van der Waals surface area contributed by atoms with E-state index in [4.69, 9.17) is 19.3 Å². The third-order valence-electron chi connectivity index (χ3n) is 3.77. The molecular weight excluding hydrogens is 308 g/mol. The zero-order valence-corrected chi connectivity index (χ0v) is 11.3. The maximum atomic E-state index is 9.82. The molecule has 0 aliphatic carbocycles. The molecule has 9 atom stereocenters. The summed E-state index contributed by atoms with van der Waals surface area (Å²) in [4.78, 5) is 0. The van der Waals surface area contributed by atoms with Crippen molar-refractivity contribution in [1.29, 1.82) is 0 Å². The van der Waals surface area contributed by atoms with Crippen molar-refractivity contribution in [3.8, 4) is 0 Å². The molecule has 0 spiro atoms. The van der Waals surface area contributed by atoms with Gasteiger partial charge in [-0.1, -0.05) is 0 Å². The van der Waals surface area contributed by atoms with Gasteiger partial charge in [0.05, 0.1) is 6.61 Å². The smallest absolute Gasteiger partial charge is 0.226 e. The lowest BCUT2D eigenvalue weighted by Crippen LogP contribution is -2.62. The highest BCUT2D eigenvalue weighted by atomic mass is 16.8. The van der Waals surface area contributed by atoms with E-state index in [1.807, 2.05) is 0 Å². The summed E-state index contributed by atoms with van der Waals surface area (Å²) in [5, 5.41) is 76.2. The molecule has 0 saturated carbocycles. The van der Waals surface area contributed by atoms with Crippen molar-refractivity contribution in [2.24, 2.45) is 0 Å². The highest BCUT2D eigenvalue weighted by Gasteiger charge is 2.58. The number of hydrogen-bond acceptors (Lipinski definition) is 11. The Balaban J connectivity index is 2.17. The van der Waals surface area contributed by atoms with Gasteiger partial charge in [-0.05, 0) is 0 Å². The van der Waals surface area contributed by atoms with Gasteiger partial charge in [-0.25, -0.2) is 0 Å². The van der Waals surface area contributed by atoms with Crippen LogP contribution in [0.4, 0.5) is 0 Å². The normalized spacial score (nSPS) is 52.9. The topological polar surface area (TPSA) is 190 Å². The van der Waals surface area contributed by atoms with Crippen LogP contribution in [0.5, 0.6) is 0 Å². The Morgan fingerprint density at radius 1 is 0.864 bits per heavy atom. The lowest BCUT2D eigenvalue weighted by molar-refractivity contribution is -0.389. The second-order valence-corrected chi connectivity index (χ2v) is 5.23. The Morgan fingerprint density at radius 3 is 1.95 bits per heavy atom. The average Bonchev–Trinajstić information content (AvgIpc) is 2.72. The fourth-order valence-corrected chi connectivity index (χ4v) is 2.39. The molecule has 0 unspecified atom stereocenters. The molecule has 0 aromatic carbocycles. The van der Waals surface area contributed by atoms with Crippen molar-refractivity contribution in [2.75, 3.05) is 13.2 Å². The fourth-order valence-electron chi connectivity index (χ4n) is 2.39. The molecule has 0 radical (unpaired) electrons. The monoisotopic (exact) mass is 328 g/mol. The van der Waals surface area contributed by atoms with Crippen LogP contribution in [-0.2, 0) is 14.2 Å². The molecule has 130 valence electrons. The van der Waals surface area contributed by atoms with Crippen molar-refractivity contribution < 1.29 is 55.1 Å². The van der Waals surface area contributed by atoms with Crippen molar-refractivity contribution in [1.82, 2.24) is 0 Å².